The van der Waals surface area contributed by atoms with Crippen LogP contribution >= 0.6 is 22.9 Å². The van der Waals surface area contributed by atoms with Crippen LogP contribution in [-0.2, 0) is 21.2 Å². The number of anilines is 1. The number of sulfonamides is 1. The number of ether oxygens (including phenoxy) is 1. The van der Waals surface area contributed by atoms with Gasteiger partial charge in [-0.1, -0.05) is 23.7 Å². The minimum Gasteiger partial charge on any atom is -0.494 e. The van der Waals surface area contributed by atoms with Gasteiger partial charge in [0.2, 0.25) is 0 Å². The lowest BCUT2D eigenvalue weighted by molar-refractivity contribution is -0.118. The van der Waals surface area contributed by atoms with Gasteiger partial charge in [0.1, 0.15) is 11.5 Å². The average molecular weight is 451 g/mol. The Bertz CT molecular complexity index is 1040. The van der Waals surface area contributed by atoms with E-state index < -0.39 is 10.0 Å². The standard InChI is InChI=1S/C20H19ClN2O4S2/c21-16-5-7-18(8-6-16)27-12-1-2-17(24)14-15-3-9-19(10-4-15)29(25,26)23-20-22-11-13-28-20/h3-11,13H,1-2,12,14H2,(H,22,23). The third-order valence-corrected chi connectivity index (χ3v) is 6.40. The molecule has 3 rings (SSSR count). The number of carbonyl (C=O) groups excluding carboxylic acids is 1. The van der Waals surface area contributed by atoms with Gasteiger partial charge in [0, 0.05) is 29.4 Å². The van der Waals surface area contributed by atoms with Crippen LogP contribution in [0, 0.1) is 0 Å². The van der Waals surface area contributed by atoms with Gasteiger partial charge in [-0.2, -0.15) is 0 Å². The van der Waals surface area contributed by atoms with Crippen molar-refractivity contribution < 1.29 is 17.9 Å². The molecule has 0 aliphatic rings. The molecule has 0 bridgehead atoms. The molecule has 1 N–H and O–H groups in total. The van der Waals surface area contributed by atoms with Gasteiger partial charge in [0.25, 0.3) is 10.0 Å². The summed E-state index contributed by atoms with van der Waals surface area (Å²) in [7, 11) is -3.69. The number of benzene rings is 2. The van der Waals surface area contributed by atoms with Crippen LogP contribution in [0.3, 0.4) is 0 Å². The molecule has 0 spiro atoms. The maximum atomic E-state index is 12.3. The SMILES string of the molecule is O=C(CCCOc1ccc(Cl)cc1)Cc1ccc(S(=O)(=O)Nc2nccs2)cc1. The van der Waals surface area contributed by atoms with E-state index >= 15 is 0 Å². The van der Waals surface area contributed by atoms with Gasteiger partial charge in [-0.3, -0.25) is 9.52 Å². The largest absolute Gasteiger partial charge is 0.494 e. The maximum Gasteiger partial charge on any atom is 0.263 e. The Balaban J connectivity index is 1.45. The number of hydrogen-bond acceptors (Lipinski definition) is 6. The number of aromatic nitrogens is 1. The summed E-state index contributed by atoms with van der Waals surface area (Å²) in [6.07, 6.45) is 2.77. The summed E-state index contributed by atoms with van der Waals surface area (Å²) in [5.74, 6) is 0.784. The number of hydrogen-bond donors (Lipinski definition) is 1. The third-order valence-electron chi connectivity index (χ3n) is 3.97. The van der Waals surface area contributed by atoms with Gasteiger partial charge in [-0.05, 0) is 48.4 Å². The van der Waals surface area contributed by atoms with Crippen LogP contribution in [0.2, 0.25) is 5.02 Å². The first-order chi connectivity index (χ1) is 13.9. The van der Waals surface area contributed by atoms with E-state index in [9.17, 15) is 13.2 Å². The Morgan fingerprint density at radius 2 is 1.83 bits per heavy atom. The van der Waals surface area contributed by atoms with Crippen molar-refractivity contribution in [1.82, 2.24) is 4.98 Å². The molecule has 6 nitrogen and oxygen atoms in total. The number of nitrogens with one attached hydrogen (secondary N) is 1. The molecule has 152 valence electrons. The molecule has 0 fully saturated rings. The molecule has 0 aliphatic carbocycles. The van der Waals surface area contributed by atoms with Crippen molar-refractivity contribution in [3.8, 4) is 5.75 Å². The number of carbonyl (C=O) groups is 1. The molecule has 9 heteroatoms. The van der Waals surface area contributed by atoms with Crippen molar-refractivity contribution in [3.05, 3.63) is 70.7 Å². The summed E-state index contributed by atoms with van der Waals surface area (Å²) in [4.78, 5) is 16.2. The molecular formula is C20H19ClN2O4S2. The van der Waals surface area contributed by atoms with Gasteiger partial charge >= 0.3 is 0 Å². The minimum atomic E-state index is -3.69. The van der Waals surface area contributed by atoms with Crippen molar-refractivity contribution in [2.45, 2.75) is 24.2 Å². The topological polar surface area (TPSA) is 85.4 Å². The normalized spacial score (nSPS) is 11.2. The Hall–Kier alpha value is -2.42. The number of rotatable bonds is 10. The summed E-state index contributed by atoms with van der Waals surface area (Å²) in [6, 6.07) is 13.3. The summed E-state index contributed by atoms with van der Waals surface area (Å²) in [6.45, 7) is 0.437. The van der Waals surface area contributed by atoms with E-state index in [4.69, 9.17) is 16.3 Å². The van der Waals surface area contributed by atoms with E-state index in [1.807, 2.05) is 0 Å². The lowest BCUT2D eigenvalue weighted by atomic mass is 10.1. The molecule has 3 aromatic rings. The van der Waals surface area contributed by atoms with Crippen molar-refractivity contribution in [2.75, 3.05) is 11.3 Å². The van der Waals surface area contributed by atoms with E-state index in [-0.39, 0.29) is 17.1 Å². The second kappa shape index (κ2) is 9.87. The average Bonchev–Trinajstić information content (AvgIpc) is 3.19. The summed E-state index contributed by atoms with van der Waals surface area (Å²) in [5.41, 5.74) is 0.766. The van der Waals surface area contributed by atoms with Crippen LogP contribution in [0.1, 0.15) is 18.4 Å². The Morgan fingerprint density at radius 3 is 2.48 bits per heavy atom. The highest BCUT2D eigenvalue weighted by atomic mass is 35.5. The summed E-state index contributed by atoms with van der Waals surface area (Å²) < 4.78 is 32.6. The number of halogens is 1. The highest BCUT2D eigenvalue weighted by molar-refractivity contribution is 7.93. The number of nitrogens with zero attached hydrogens (tertiary/aromatic N) is 1. The minimum absolute atomic E-state index is 0.0706. The van der Waals surface area contributed by atoms with Gasteiger partial charge in [-0.25, -0.2) is 13.4 Å². The predicted octanol–water partition coefficient (Wildman–Crippen LogP) is 4.57. The lowest BCUT2D eigenvalue weighted by Crippen LogP contribution is -2.13. The van der Waals surface area contributed by atoms with Crippen molar-refractivity contribution in [3.63, 3.8) is 0 Å². The van der Waals surface area contributed by atoms with Crippen LogP contribution in [0.25, 0.3) is 0 Å². The predicted molar refractivity (Wildman–Crippen MR) is 114 cm³/mol. The number of Topliss-reactive ketones (excluding diaryl/α,β-unsaturated/α-hetero) is 1. The zero-order valence-electron chi connectivity index (χ0n) is 15.4. The van der Waals surface area contributed by atoms with E-state index in [0.29, 0.717) is 35.4 Å². The van der Waals surface area contributed by atoms with Gasteiger partial charge in [0.05, 0.1) is 11.5 Å². The molecule has 0 amide bonds. The first kappa shape index (κ1) is 21.3. The zero-order chi connectivity index (χ0) is 20.7. The van der Waals surface area contributed by atoms with E-state index in [1.165, 1.54) is 29.7 Å². The van der Waals surface area contributed by atoms with Crippen LogP contribution in [0.5, 0.6) is 5.75 Å². The molecule has 0 saturated heterocycles. The molecule has 29 heavy (non-hydrogen) atoms. The Kier molecular flexibility index (Phi) is 7.24. The number of ketones is 1. The van der Waals surface area contributed by atoms with Gasteiger partial charge in [-0.15, -0.1) is 11.3 Å². The van der Waals surface area contributed by atoms with Crippen LogP contribution < -0.4 is 9.46 Å². The van der Waals surface area contributed by atoms with Crippen molar-refractivity contribution in [2.24, 2.45) is 0 Å². The van der Waals surface area contributed by atoms with Crippen LogP contribution in [0.15, 0.2) is 65.0 Å². The van der Waals surface area contributed by atoms with E-state index in [0.717, 1.165) is 5.56 Å². The summed E-state index contributed by atoms with van der Waals surface area (Å²) in [5, 5.41) is 2.64. The zero-order valence-corrected chi connectivity index (χ0v) is 17.8. The molecular weight excluding hydrogens is 432 g/mol. The number of thiazole rings is 1. The lowest BCUT2D eigenvalue weighted by Gasteiger charge is -2.07. The quantitative estimate of drug-likeness (QED) is 0.457. The molecule has 0 atom stereocenters. The van der Waals surface area contributed by atoms with Crippen molar-refractivity contribution >= 4 is 43.9 Å². The fourth-order valence-electron chi connectivity index (χ4n) is 2.54. The summed E-state index contributed by atoms with van der Waals surface area (Å²) >= 11 is 7.02. The fourth-order valence-corrected chi connectivity index (χ4v) is 4.46. The van der Waals surface area contributed by atoms with Crippen LogP contribution in [-0.4, -0.2) is 25.8 Å². The van der Waals surface area contributed by atoms with Crippen molar-refractivity contribution in [1.29, 1.82) is 0 Å². The molecule has 0 aliphatic heterocycles. The highest BCUT2D eigenvalue weighted by Gasteiger charge is 2.15. The second-order valence-corrected chi connectivity index (χ2v) is 9.22. The van der Waals surface area contributed by atoms with Gasteiger partial charge < -0.3 is 4.74 Å². The van der Waals surface area contributed by atoms with Gasteiger partial charge in [0.15, 0.2) is 5.13 Å². The van der Waals surface area contributed by atoms with E-state index in [1.54, 1.807) is 41.8 Å². The smallest absolute Gasteiger partial charge is 0.263 e. The first-order valence-electron chi connectivity index (χ1n) is 8.84. The molecule has 2 aromatic carbocycles. The van der Waals surface area contributed by atoms with E-state index in [2.05, 4.69) is 9.71 Å². The first-order valence-corrected chi connectivity index (χ1v) is 11.6. The fraction of sp³-hybridized carbons (Fsp3) is 0.200. The third kappa shape index (κ3) is 6.56. The molecule has 1 heterocycles. The monoisotopic (exact) mass is 450 g/mol. The molecule has 0 radical (unpaired) electrons. The Morgan fingerprint density at radius 1 is 1.10 bits per heavy atom. The molecule has 0 saturated carbocycles. The maximum absolute atomic E-state index is 12.3. The molecule has 1 aromatic heterocycles. The molecule has 0 unspecified atom stereocenters. The second-order valence-electron chi connectivity index (χ2n) is 6.21. The highest BCUT2D eigenvalue weighted by Crippen LogP contribution is 2.19. The Labute approximate surface area is 178 Å². The van der Waals surface area contributed by atoms with Crippen LogP contribution in [0.4, 0.5) is 5.13 Å².